The maximum atomic E-state index is 12.2. The lowest BCUT2D eigenvalue weighted by Crippen LogP contribution is -2.12. The minimum Gasteiger partial charge on any atom is -0.493 e. The van der Waals surface area contributed by atoms with Gasteiger partial charge in [-0.3, -0.25) is 4.79 Å². The van der Waals surface area contributed by atoms with Crippen LogP contribution in [0.4, 0.5) is 0 Å². The number of nitrogens with two attached hydrogens (primary N) is 1. The van der Waals surface area contributed by atoms with Gasteiger partial charge in [-0.05, 0) is 53.4 Å². The zero-order valence-electron chi connectivity index (χ0n) is 10.9. The second-order valence-electron chi connectivity index (χ2n) is 4.67. The average Bonchev–Trinajstić information content (AvgIpc) is 3.20. The highest BCUT2D eigenvalue weighted by Gasteiger charge is 2.25. The molecule has 4 nitrogen and oxygen atoms in total. The van der Waals surface area contributed by atoms with Crippen molar-refractivity contribution in [3.05, 3.63) is 22.2 Å². The summed E-state index contributed by atoms with van der Waals surface area (Å²) in [6.45, 7) is 0.959. The summed E-state index contributed by atoms with van der Waals surface area (Å²) in [5, 5.41) is 0. The van der Waals surface area contributed by atoms with E-state index in [-0.39, 0.29) is 5.78 Å². The van der Waals surface area contributed by atoms with Crippen molar-refractivity contribution < 1.29 is 14.3 Å². The van der Waals surface area contributed by atoms with Crippen molar-refractivity contribution in [3.63, 3.8) is 0 Å². The van der Waals surface area contributed by atoms with Crippen LogP contribution in [0, 0.1) is 5.92 Å². The van der Waals surface area contributed by atoms with Crippen LogP contribution in [-0.2, 0) is 0 Å². The van der Waals surface area contributed by atoms with Crippen LogP contribution in [0.1, 0.15) is 29.6 Å². The van der Waals surface area contributed by atoms with Gasteiger partial charge in [-0.15, -0.1) is 0 Å². The maximum absolute atomic E-state index is 12.2. The predicted molar refractivity (Wildman–Crippen MR) is 76.9 cm³/mol. The van der Waals surface area contributed by atoms with Gasteiger partial charge in [-0.1, -0.05) is 0 Å². The zero-order chi connectivity index (χ0) is 13.8. The summed E-state index contributed by atoms with van der Waals surface area (Å²) in [6, 6.07) is 3.60. The molecule has 0 atom stereocenters. The summed E-state index contributed by atoms with van der Waals surface area (Å²) >= 11 is 3.41. The number of ether oxygens (including phenoxy) is 2. The van der Waals surface area contributed by atoms with Crippen LogP contribution in [0.2, 0.25) is 0 Å². The monoisotopic (exact) mass is 327 g/mol. The van der Waals surface area contributed by atoms with Gasteiger partial charge in [-0.2, -0.15) is 0 Å². The number of carbonyl (C=O) groups excluding carboxylic acids is 1. The minimum absolute atomic E-state index is 0.0286. The Bertz CT molecular complexity index is 472. The summed E-state index contributed by atoms with van der Waals surface area (Å²) in [6.07, 6.45) is 2.69. The van der Waals surface area contributed by atoms with E-state index in [0.29, 0.717) is 42.6 Å². The molecule has 0 spiro atoms. The molecule has 1 fully saturated rings. The van der Waals surface area contributed by atoms with Gasteiger partial charge in [0, 0.05) is 10.9 Å². The molecule has 104 valence electrons. The van der Waals surface area contributed by atoms with Crippen LogP contribution in [0.25, 0.3) is 0 Å². The van der Waals surface area contributed by atoms with Gasteiger partial charge in [0.15, 0.2) is 17.3 Å². The third-order valence-electron chi connectivity index (χ3n) is 3.10. The Hall–Kier alpha value is -1.07. The predicted octanol–water partition coefficient (Wildman–Crippen LogP) is 2.78. The Balaban J connectivity index is 2.32. The Kier molecular flexibility index (Phi) is 4.82. The Morgan fingerprint density at radius 2 is 2.21 bits per heavy atom. The second kappa shape index (κ2) is 6.39. The topological polar surface area (TPSA) is 61.5 Å². The smallest absolute Gasteiger partial charge is 0.173 e. The molecular weight excluding hydrogens is 310 g/mol. The number of rotatable bonds is 7. The number of methoxy groups -OCH3 is 1. The molecule has 0 amide bonds. The van der Waals surface area contributed by atoms with Crippen molar-refractivity contribution >= 4 is 21.7 Å². The fraction of sp³-hybridized carbons (Fsp3) is 0.500. The van der Waals surface area contributed by atoms with E-state index >= 15 is 0 Å². The average molecular weight is 328 g/mol. The number of Topliss-reactive ketones (excluding diaryl/α,β-unsaturated/α-hetero) is 1. The molecule has 2 N–H and O–H groups in total. The number of halogens is 1. The van der Waals surface area contributed by atoms with E-state index < -0.39 is 0 Å². The molecule has 0 heterocycles. The SMILES string of the molecule is COc1ccc(Br)c(C(=O)CCN)c1OCC1CC1. The first-order chi connectivity index (χ1) is 9.17. The summed E-state index contributed by atoms with van der Waals surface area (Å²) < 4.78 is 11.8. The van der Waals surface area contributed by atoms with Crippen molar-refractivity contribution in [2.75, 3.05) is 20.3 Å². The van der Waals surface area contributed by atoms with Gasteiger partial charge < -0.3 is 15.2 Å². The van der Waals surface area contributed by atoms with Crippen LogP contribution < -0.4 is 15.2 Å². The van der Waals surface area contributed by atoms with E-state index in [1.807, 2.05) is 0 Å². The Morgan fingerprint density at radius 1 is 1.47 bits per heavy atom. The van der Waals surface area contributed by atoms with Gasteiger partial charge in [-0.25, -0.2) is 0 Å². The molecule has 5 heteroatoms. The Labute approximate surface area is 121 Å². The Morgan fingerprint density at radius 3 is 2.79 bits per heavy atom. The third kappa shape index (κ3) is 3.48. The number of hydrogen-bond donors (Lipinski definition) is 1. The van der Waals surface area contributed by atoms with E-state index in [1.165, 1.54) is 12.8 Å². The molecule has 1 aliphatic rings. The van der Waals surface area contributed by atoms with Crippen LogP contribution >= 0.6 is 15.9 Å². The standard InChI is InChI=1S/C14H18BrNO3/c1-18-12-5-4-10(15)13(11(17)6-7-16)14(12)19-8-9-2-3-9/h4-5,9H,2-3,6-8,16H2,1H3. The van der Waals surface area contributed by atoms with Gasteiger partial charge in [0.25, 0.3) is 0 Å². The van der Waals surface area contributed by atoms with Crippen LogP contribution in [-0.4, -0.2) is 26.0 Å². The number of hydrogen-bond acceptors (Lipinski definition) is 4. The van der Waals surface area contributed by atoms with E-state index in [9.17, 15) is 4.79 Å². The molecule has 19 heavy (non-hydrogen) atoms. The normalized spacial score (nSPS) is 14.3. The van der Waals surface area contributed by atoms with E-state index in [1.54, 1.807) is 19.2 Å². The van der Waals surface area contributed by atoms with E-state index in [0.717, 1.165) is 4.47 Å². The highest BCUT2D eigenvalue weighted by Crippen LogP contribution is 2.39. The van der Waals surface area contributed by atoms with E-state index in [4.69, 9.17) is 15.2 Å². The molecule has 1 saturated carbocycles. The summed E-state index contributed by atoms with van der Waals surface area (Å²) in [5.41, 5.74) is 5.99. The maximum Gasteiger partial charge on any atom is 0.173 e. The molecule has 2 rings (SSSR count). The van der Waals surface area contributed by atoms with Crippen LogP contribution in [0.3, 0.4) is 0 Å². The van der Waals surface area contributed by atoms with Gasteiger partial charge in [0.05, 0.1) is 19.3 Å². The highest BCUT2D eigenvalue weighted by molar-refractivity contribution is 9.10. The largest absolute Gasteiger partial charge is 0.493 e. The molecule has 0 saturated heterocycles. The molecule has 1 aromatic rings. The van der Waals surface area contributed by atoms with Gasteiger partial charge in [0.2, 0.25) is 0 Å². The molecule has 0 unspecified atom stereocenters. The molecule has 0 aromatic heterocycles. The first-order valence-electron chi connectivity index (χ1n) is 6.40. The lowest BCUT2D eigenvalue weighted by molar-refractivity contribution is 0.0979. The molecular formula is C14H18BrNO3. The van der Waals surface area contributed by atoms with E-state index in [2.05, 4.69) is 15.9 Å². The quantitative estimate of drug-likeness (QED) is 0.782. The zero-order valence-corrected chi connectivity index (χ0v) is 12.5. The summed E-state index contributed by atoms with van der Waals surface area (Å²) in [4.78, 5) is 12.2. The molecule has 1 aliphatic carbocycles. The first kappa shape index (κ1) is 14.3. The van der Waals surface area contributed by atoms with Crippen molar-refractivity contribution in [2.24, 2.45) is 11.7 Å². The summed E-state index contributed by atoms with van der Waals surface area (Å²) in [7, 11) is 1.57. The van der Waals surface area contributed by atoms with Gasteiger partial charge in [0.1, 0.15) is 0 Å². The lowest BCUT2D eigenvalue weighted by Gasteiger charge is -2.15. The fourth-order valence-corrected chi connectivity index (χ4v) is 2.38. The van der Waals surface area contributed by atoms with Gasteiger partial charge >= 0.3 is 0 Å². The summed E-state index contributed by atoms with van der Waals surface area (Å²) in [5.74, 6) is 1.70. The molecule has 1 aromatic carbocycles. The number of carbonyl (C=O) groups is 1. The van der Waals surface area contributed by atoms with Crippen molar-refractivity contribution in [1.29, 1.82) is 0 Å². The van der Waals surface area contributed by atoms with Crippen molar-refractivity contribution in [2.45, 2.75) is 19.3 Å². The third-order valence-corrected chi connectivity index (χ3v) is 3.76. The minimum atomic E-state index is -0.0286. The first-order valence-corrected chi connectivity index (χ1v) is 7.19. The number of benzene rings is 1. The van der Waals surface area contributed by atoms with Crippen LogP contribution in [0.5, 0.6) is 11.5 Å². The van der Waals surface area contributed by atoms with Crippen molar-refractivity contribution in [1.82, 2.24) is 0 Å². The lowest BCUT2D eigenvalue weighted by atomic mass is 10.1. The highest BCUT2D eigenvalue weighted by atomic mass is 79.9. The molecule has 0 bridgehead atoms. The second-order valence-corrected chi connectivity index (χ2v) is 5.52. The molecule has 0 aliphatic heterocycles. The number of ketones is 1. The van der Waals surface area contributed by atoms with Crippen LogP contribution in [0.15, 0.2) is 16.6 Å². The van der Waals surface area contributed by atoms with Crippen molar-refractivity contribution in [3.8, 4) is 11.5 Å². The fourth-order valence-electron chi connectivity index (χ4n) is 1.85. The molecule has 0 radical (unpaired) electrons.